The highest BCUT2D eigenvalue weighted by atomic mass is 32.1. The summed E-state index contributed by atoms with van der Waals surface area (Å²) in [6.07, 6.45) is 3.47. The number of nitrogens with one attached hydrogen (secondary N) is 3. The van der Waals surface area contributed by atoms with Crippen LogP contribution < -0.4 is 16.4 Å². The molecule has 0 aliphatic rings. The second kappa shape index (κ2) is 6.84. The minimum absolute atomic E-state index is 0.122. The molecule has 12 heavy (non-hydrogen) atoms. The number of hydrogen-bond donors (Lipinski definition) is 4. The Morgan fingerprint density at radius 1 is 1.50 bits per heavy atom. The fourth-order valence-electron chi connectivity index (χ4n) is 0.743. The molecule has 0 unspecified atom stereocenters. The number of guanidine groups is 1. The van der Waals surface area contributed by atoms with E-state index in [1.165, 1.54) is 12.8 Å². The number of rotatable bonds is 4. The molecule has 0 aliphatic carbocycles. The maximum atomic E-state index is 6.88. The van der Waals surface area contributed by atoms with Gasteiger partial charge in [-0.3, -0.25) is 5.41 Å². The summed E-state index contributed by atoms with van der Waals surface area (Å²) in [5.41, 5.74) is 5.07. The molecule has 0 fully saturated rings. The fourth-order valence-corrected chi connectivity index (χ4v) is 0.955. The van der Waals surface area contributed by atoms with Crippen LogP contribution in [0.15, 0.2) is 0 Å². The van der Waals surface area contributed by atoms with E-state index in [2.05, 4.69) is 17.6 Å². The van der Waals surface area contributed by atoms with E-state index in [1.54, 1.807) is 0 Å². The molecular weight excluding hydrogens is 172 g/mol. The summed E-state index contributed by atoms with van der Waals surface area (Å²) in [5.74, 6) is -0.122. The summed E-state index contributed by atoms with van der Waals surface area (Å²) in [4.78, 5) is 0. The molecule has 0 atom stereocenters. The SMILES string of the molecule is CCCCCNC(=S)NC(=N)N. The number of unbranched alkanes of at least 4 members (excludes halogenated alkanes) is 2. The van der Waals surface area contributed by atoms with E-state index < -0.39 is 0 Å². The van der Waals surface area contributed by atoms with E-state index in [0.717, 1.165) is 13.0 Å². The standard InChI is InChI=1S/C7H16N4S/c1-2-3-4-5-10-7(12)11-6(8)9/h2-5H2,1H3,(H5,8,9,10,11,12). The molecule has 5 N–H and O–H groups in total. The van der Waals surface area contributed by atoms with Crippen molar-refractivity contribution in [3.8, 4) is 0 Å². The Balaban J connectivity index is 3.26. The molecular formula is C7H16N4S. The van der Waals surface area contributed by atoms with Gasteiger partial charge in [-0.2, -0.15) is 0 Å². The Hall–Kier alpha value is -0.840. The van der Waals surface area contributed by atoms with Gasteiger partial charge in [0.25, 0.3) is 0 Å². The van der Waals surface area contributed by atoms with Crippen LogP contribution in [0.2, 0.25) is 0 Å². The molecule has 5 heteroatoms. The van der Waals surface area contributed by atoms with Crippen molar-refractivity contribution in [2.24, 2.45) is 5.73 Å². The van der Waals surface area contributed by atoms with Crippen LogP contribution >= 0.6 is 12.2 Å². The van der Waals surface area contributed by atoms with E-state index in [4.69, 9.17) is 23.4 Å². The average molecular weight is 188 g/mol. The van der Waals surface area contributed by atoms with Gasteiger partial charge in [0, 0.05) is 6.54 Å². The molecule has 0 aromatic carbocycles. The van der Waals surface area contributed by atoms with Gasteiger partial charge in [-0.05, 0) is 18.6 Å². The zero-order valence-corrected chi connectivity index (χ0v) is 8.13. The lowest BCUT2D eigenvalue weighted by Gasteiger charge is -2.07. The molecule has 0 saturated carbocycles. The van der Waals surface area contributed by atoms with Crippen LogP contribution in [0.5, 0.6) is 0 Å². The van der Waals surface area contributed by atoms with E-state index in [0.29, 0.717) is 5.11 Å². The van der Waals surface area contributed by atoms with Gasteiger partial charge in [0.1, 0.15) is 0 Å². The fraction of sp³-hybridized carbons (Fsp3) is 0.714. The van der Waals surface area contributed by atoms with Crippen molar-refractivity contribution in [3.05, 3.63) is 0 Å². The smallest absolute Gasteiger partial charge is 0.192 e. The highest BCUT2D eigenvalue weighted by Crippen LogP contribution is 1.90. The van der Waals surface area contributed by atoms with Crippen molar-refractivity contribution in [2.75, 3.05) is 6.54 Å². The molecule has 0 saturated heterocycles. The van der Waals surface area contributed by atoms with Crippen LogP contribution in [0.25, 0.3) is 0 Å². The Labute approximate surface area is 78.4 Å². The van der Waals surface area contributed by atoms with Crippen LogP contribution in [0.4, 0.5) is 0 Å². The lowest BCUT2D eigenvalue weighted by Crippen LogP contribution is -2.42. The van der Waals surface area contributed by atoms with Gasteiger partial charge in [0.05, 0.1) is 0 Å². The van der Waals surface area contributed by atoms with Gasteiger partial charge in [0.15, 0.2) is 11.1 Å². The van der Waals surface area contributed by atoms with Crippen molar-refractivity contribution in [1.29, 1.82) is 5.41 Å². The normalized spacial score (nSPS) is 9.08. The van der Waals surface area contributed by atoms with Crippen LogP contribution in [-0.2, 0) is 0 Å². The second-order valence-electron chi connectivity index (χ2n) is 2.50. The summed E-state index contributed by atoms with van der Waals surface area (Å²) in [7, 11) is 0. The number of nitrogens with two attached hydrogens (primary N) is 1. The molecule has 0 spiro atoms. The van der Waals surface area contributed by atoms with Gasteiger partial charge in [-0.15, -0.1) is 0 Å². The predicted molar refractivity (Wildman–Crippen MR) is 55.2 cm³/mol. The average Bonchev–Trinajstić information content (AvgIpc) is 1.97. The Kier molecular flexibility index (Phi) is 6.37. The van der Waals surface area contributed by atoms with Crippen LogP contribution in [0.1, 0.15) is 26.2 Å². The maximum Gasteiger partial charge on any atom is 0.192 e. The third kappa shape index (κ3) is 7.27. The third-order valence-corrected chi connectivity index (χ3v) is 1.56. The first-order chi connectivity index (χ1) is 5.66. The number of hydrogen-bond acceptors (Lipinski definition) is 2. The zero-order chi connectivity index (χ0) is 9.40. The van der Waals surface area contributed by atoms with Crippen molar-refractivity contribution in [1.82, 2.24) is 10.6 Å². The molecule has 0 aliphatic heterocycles. The van der Waals surface area contributed by atoms with Crippen molar-refractivity contribution in [3.63, 3.8) is 0 Å². The van der Waals surface area contributed by atoms with Crippen LogP contribution in [-0.4, -0.2) is 17.6 Å². The van der Waals surface area contributed by atoms with Gasteiger partial charge < -0.3 is 16.4 Å². The summed E-state index contributed by atoms with van der Waals surface area (Å²) in [6, 6.07) is 0. The van der Waals surface area contributed by atoms with Crippen LogP contribution in [0, 0.1) is 5.41 Å². The van der Waals surface area contributed by atoms with E-state index in [-0.39, 0.29) is 5.96 Å². The molecule has 0 aromatic rings. The Morgan fingerprint density at radius 3 is 2.67 bits per heavy atom. The van der Waals surface area contributed by atoms with Gasteiger partial charge in [0.2, 0.25) is 0 Å². The molecule has 0 heterocycles. The third-order valence-electron chi connectivity index (χ3n) is 1.31. The monoisotopic (exact) mass is 188 g/mol. The molecule has 0 amide bonds. The zero-order valence-electron chi connectivity index (χ0n) is 7.31. The van der Waals surface area contributed by atoms with Crippen molar-refractivity contribution in [2.45, 2.75) is 26.2 Å². The largest absolute Gasteiger partial charge is 0.370 e. The van der Waals surface area contributed by atoms with Gasteiger partial charge in [-0.1, -0.05) is 19.8 Å². The van der Waals surface area contributed by atoms with Crippen molar-refractivity contribution < 1.29 is 0 Å². The lowest BCUT2D eigenvalue weighted by molar-refractivity contribution is 0.694. The van der Waals surface area contributed by atoms with Crippen molar-refractivity contribution >= 4 is 23.3 Å². The maximum absolute atomic E-state index is 6.88. The highest BCUT2D eigenvalue weighted by Gasteiger charge is 1.94. The summed E-state index contributed by atoms with van der Waals surface area (Å²) in [5, 5.41) is 12.8. The minimum Gasteiger partial charge on any atom is -0.370 e. The predicted octanol–water partition coefficient (Wildman–Crippen LogP) is 0.534. The Bertz CT molecular complexity index is 157. The minimum atomic E-state index is -0.122. The lowest BCUT2D eigenvalue weighted by atomic mass is 10.2. The molecule has 0 radical (unpaired) electrons. The first-order valence-corrected chi connectivity index (χ1v) is 4.46. The molecule has 0 rings (SSSR count). The van der Waals surface area contributed by atoms with Crippen LogP contribution in [0.3, 0.4) is 0 Å². The topological polar surface area (TPSA) is 73.9 Å². The summed E-state index contributed by atoms with van der Waals surface area (Å²) >= 11 is 4.84. The highest BCUT2D eigenvalue weighted by molar-refractivity contribution is 7.80. The van der Waals surface area contributed by atoms with E-state index in [1.807, 2.05) is 0 Å². The molecule has 4 nitrogen and oxygen atoms in total. The van der Waals surface area contributed by atoms with Gasteiger partial charge >= 0.3 is 0 Å². The number of thiocarbonyl (C=S) groups is 1. The molecule has 0 bridgehead atoms. The summed E-state index contributed by atoms with van der Waals surface area (Å²) < 4.78 is 0. The summed E-state index contributed by atoms with van der Waals surface area (Å²) in [6.45, 7) is 2.99. The van der Waals surface area contributed by atoms with Gasteiger partial charge in [-0.25, -0.2) is 0 Å². The first kappa shape index (κ1) is 11.2. The van der Waals surface area contributed by atoms with E-state index in [9.17, 15) is 0 Å². The first-order valence-electron chi connectivity index (χ1n) is 4.05. The second-order valence-corrected chi connectivity index (χ2v) is 2.91. The quantitative estimate of drug-likeness (QED) is 0.225. The molecule has 70 valence electrons. The molecule has 0 aromatic heterocycles. The Morgan fingerprint density at radius 2 is 2.17 bits per heavy atom. The van der Waals surface area contributed by atoms with E-state index >= 15 is 0 Å².